The summed E-state index contributed by atoms with van der Waals surface area (Å²) < 4.78 is 0. The van der Waals surface area contributed by atoms with E-state index in [0.29, 0.717) is 0 Å². The van der Waals surface area contributed by atoms with Gasteiger partial charge in [0.25, 0.3) is 0 Å². The molecule has 0 bridgehead atoms. The first kappa shape index (κ1) is 10.8. The average molecular weight is 214 g/mol. The van der Waals surface area contributed by atoms with Crippen molar-refractivity contribution in [3.05, 3.63) is 0 Å². The topological polar surface area (TPSA) is 15.3 Å². The van der Waals surface area contributed by atoms with Crippen LogP contribution in [0, 0.1) is 5.92 Å². The van der Waals surface area contributed by atoms with Gasteiger partial charge in [0.05, 0.1) is 0 Å². The van der Waals surface area contributed by atoms with Crippen LogP contribution in [0.4, 0.5) is 0 Å². The van der Waals surface area contributed by atoms with Crippen molar-refractivity contribution >= 4 is 11.8 Å². The van der Waals surface area contributed by atoms with Crippen LogP contribution in [0.25, 0.3) is 0 Å². The van der Waals surface area contributed by atoms with Gasteiger partial charge >= 0.3 is 0 Å². The van der Waals surface area contributed by atoms with Crippen LogP contribution in [0.5, 0.6) is 0 Å². The summed E-state index contributed by atoms with van der Waals surface area (Å²) in [5, 5.41) is 3.60. The smallest absolute Gasteiger partial charge is 0.0285 e. The monoisotopic (exact) mass is 214 g/mol. The molecular formula is C11H22N2S. The fraction of sp³-hybridized carbons (Fsp3) is 1.00. The van der Waals surface area contributed by atoms with E-state index in [4.69, 9.17) is 0 Å². The fourth-order valence-corrected chi connectivity index (χ4v) is 3.24. The van der Waals surface area contributed by atoms with E-state index in [0.717, 1.165) is 12.0 Å². The van der Waals surface area contributed by atoms with Gasteiger partial charge in [-0.15, -0.1) is 0 Å². The van der Waals surface area contributed by atoms with Crippen LogP contribution in [0.15, 0.2) is 0 Å². The predicted molar refractivity (Wildman–Crippen MR) is 64.0 cm³/mol. The Morgan fingerprint density at radius 3 is 2.79 bits per heavy atom. The minimum atomic E-state index is 0.735. The number of nitrogens with one attached hydrogen (secondary N) is 1. The molecule has 1 atom stereocenters. The maximum Gasteiger partial charge on any atom is 0.0285 e. The lowest BCUT2D eigenvalue weighted by molar-refractivity contribution is 0.195. The molecule has 0 aromatic heterocycles. The molecule has 1 N–H and O–H groups in total. The van der Waals surface area contributed by atoms with Gasteiger partial charge in [0.1, 0.15) is 0 Å². The van der Waals surface area contributed by atoms with Crippen LogP contribution in [0.3, 0.4) is 0 Å². The van der Waals surface area contributed by atoms with Crippen LogP contribution in [-0.2, 0) is 0 Å². The van der Waals surface area contributed by atoms with E-state index < -0.39 is 0 Å². The molecule has 0 radical (unpaired) electrons. The second-order valence-corrected chi connectivity index (χ2v) is 5.89. The fourth-order valence-electron chi connectivity index (χ4n) is 2.30. The Kier molecular flexibility index (Phi) is 4.14. The standard InChI is InChI=1S/C11H22N2S/c1-13(7-10-3-2-4-10)8-11-9-14-6-5-12-11/h10-12H,2-9H2,1H3. The van der Waals surface area contributed by atoms with Crippen molar-refractivity contribution < 1.29 is 0 Å². The molecule has 1 unspecified atom stereocenters. The predicted octanol–water partition coefficient (Wildman–Crippen LogP) is 1.42. The minimum Gasteiger partial charge on any atom is -0.311 e. The first-order chi connectivity index (χ1) is 6.84. The van der Waals surface area contributed by atoms with E-state index in [2.05, 4.69) is 29.0 Å². The SMILES string of the molecule is CN(CC1CCC1)CC1CSCCN1. The molecule has 1 saturated heterocycles. The molecule has 3 heteroatoms. The minimum absolute atomic E-state index is 0.735. The van der Waals surface area contributed by atoms with Crippen LogP contribution in [0.1, 0.15) is 19.3 Å². The molecule has 82 valence electrons. The Bertz CT molecular complexity index is 165. The zero-order valence-electron chi connectivity index (χ0n) is 9.17. The highest BCUT2D eigenvalue weighted by molar-refractivity contribution is 7.99. The third kappa shape index (κ3) is 3.14. The van der Waals surface area contributed by atoms with Crippen LogP contribution in [0.2, 0.25) is 0 Å². The molecule has 0 spiro atoms. The van der Waals surface area contributed by atoms with Gasteiger partial charge in [-0.25, -0.2) is 0 Å². The van der Waals surface area contributed by atoms with Crippen LogP contribution in [-0.4, -0.2) is 49.1 Å². The van der Waals surface area contributed by atoms with E-state index >= 15 is 0 Å². The number of likely N-dealkylation sites (N-methyl/N-ethyl adjacent to an activating group) is 1. The highest BCUT2D eigenvalue weighted by Gasteiger charge is 2.21. The third-order valence-corrected chi connectivity index (χ3v) is 4.46. The summed E-state index contributed by atoms with van der Waals surface area (Å²) in [5.41, 5.74) is 0. The molecule has 1 heterocycles. The van der Waals surface area contributed by atoms with E-state index in [9.17, 15) is 0 Å². The van der Waals surface area contributed by atoms with Gasteiger partial charge in [0, 0.05) is 37.2 Å². The summed E-state index contributed by atoms with van der Waals surface area (Å²) >= 11 is 2.09. The lowest BCUT2D eigenvalue weighted by atomic mass is 9.85. The van der Waals surface area contributed by atoms with Crippen molar-refractivity contribution in [3.63, 3.8) is 0 Å². The van der Waals surface area contributed by atoms with Gasteiger partial charge in [-0.2, -0.15) is 11.8 Å². The highest BCUT2D eigenvalue weighted by atomic mass is 32.2. The zero-order chi connectivity index (χ0) is 9.80. The highest BCUT2D eigenvalue weighted by Crippen LogP contribution is 2.26. The number of rotatable bonds is 4. The number of thioether (sulfide) groups is 1. The molecule has 1 aliphatic heterocycles. The Hall–Kier alpha value is 0.270. The summed E-state index contributed by atoms with van der Waals surface area (Å²) in [6.07, 6.45) is 4.41. The second-order valence-electron chi connectivity index (χ2n) is 4.74. The van der Waals surface area contributed by atoms with Crippen molar-refractivity contribution in [1.82, 2.24) is 10.2 Å². The Morgan fingerprint density at radius 1 is 1.36 bits per heavy atom. The Labute approximate surface area is 91.8 Å². The van der Waals surface area contributed by atoms with Crippen molar-refractivity contribution in [2.45, 2.75) is 25.3 Å². The molecule has 2 aliphatic rings. The number of hydrogen-bond donors (Lipinski definition) is 1. The van der Waals surface area contributed by atoms with Crippen molar-refractivity contribution in [3.8, 4) is 0 Å². The van der Waals surface area contributed by atoms with E-state index in [1.165, 1.54) is 50.4 Å². The average Bonchev–Trinajstić information content (AvgIpc) is 2.13. The zero-order valence-corrected chi connectivity index (χ0v) is 9.98. The molecule has 2 rings (SSSR count). The maximum absolute atomic E-state index is 3.60. The van der Waals surface area contributed by atoms with Crippen LogP contribution < -0.4 is 5.32 Å². The molecule has 2 fully saturated rings. The Morgan fingerprint density at radius 2 is 2.21 bits per heavy atom. The molecular weight excluding hydrogens is 192 g/mol. The molecule has 2 nitrogen and oxygen atoms in total. The van der Waals surface area contributed by atoms with Crippen molar-refractivity contribution in [1.29, 1.82) is 0 Å². The summed E-state index contributed by atoms with van der Waals surface area (Å²) in [4.78, 5) is 2.52. The third-order valence-electron chi connectivity index (χ3n) is 3.33. The maximum atomic E-state index is 3.60. The molecule has 0 amide bonds. The molecule has 1 aliphatic carbocycles. The summed E-state index contributed by atoms with van der Waals surface area (Å²) in [6, 6.07) is 0.735. The van der Waals surface area contributed by atoms with Crippen molar-refractivity contribution in [2.24, 2.45) is 5.92 Å². The van der Waals surface area contributed by atoms with Gasteiger partial charge in [0.2, 0.25) is 0 Å². The lowest BCUT2D eigenvalue weighted by Gasteiger charge is -2.33. The number of nitrogens with zero attached hydrogens (tertiary/aromatic N) is 1. The summed E-state index contributed by atoms with van der Waals surface area (Å²) in [6.45, 7) is 3.76. The normalized spacial score (nSPS) is 29.1. The second kappa shape index (κ2) is 5.38. The van der Waals surface area contributed by atoms with Gasteiger partial charge in [-0.1, -0.05) is 6.42 Å². The van der Waals surface area contributed by atoms with Gasteiger partial charge < -0.3 is 10.2 Å². The first-order valence-electron chi connectivity index (χ1n) is 5.84. The van der Waals surface area contributed by atoms with Gasteiger partial charge in [0.15, 0.2) is 0 Å². The Balaban J connectivity index is 1.62. The van der Waals surface area contributed by atoms with E-state index in [-0.39, 0.29) is 0 Å². The molecule has 1 saturated carbocycles. The molecule has 14 heavy (non-hydrogen) atoms. The molecule has 0 aromatic rings. The van der Waals surface area contributed by atoms with E-state index in [1.54, 1.807) is 0 Å². The van der Waals surface area contributed by atoms with Crippen molar-refractivity contribution in [2.75, 3.05) is 38.2 Å². The summed E-state index contributed by atoms with van der Waals surface area (Å²) in [5.74, 6) is 3.61. The largest absolute Gasteiger partial charge is 0.311 e. The van der Waals surface area contributed by atoms with Gasteiger partial charge in [-0.3, -0.25) is 0 Å². The lowest BCUT2D eigenvalue weighted by Crippen LogP contribution is -2.46. The van der Waals surface area contributed by atoms with E-state index in [1.807, 2.05) is 0 Å². The van der Waals surface area contributed by atoms with Gasteiger partial charge in [-0.05, 0) is 25.8 Å². The van der Waals surface area contributed by atoms with Crippen LogP contribution >= 0.6 is 11.8 Å². The first-order valence-corrected chi connectivity index (χ1v) is 7.00. The molecule has 0 aromatic carbocycles. The summed E-state index contributed by atoms with van der Waals surface area (Å²) in [7, 11) is 2.28. The number of hydrogen-bond acceptors (Lipinski definition) is 3. The quantitative estimate of drug-likeness (QED) is 0.762.